The summed E-state index contributed by atoms with van der Waals surface area (Å²) in [5.74, 6) is 1.07. The Morgan fingerprint density at radius 3 is 2.91 bits per heavy atom. The lowest BCUT2D eigenvalue weighted by Gasteiger charge is -2.16. The third kappa shape index (κ3) is 5.54. The number of carbonyl (C=O) groups excluding carboxylic acids is 2. The highest BCUT2D eigenvalue weighted by Crippen LogP contribution is 2.42. The molecule has 0 atom stereocenters. The molecule has 0 saturated carbocycles. The summed E-state index contributed by atoms with van der Waals surface area (Å²) in [5.41, 5.74) is 0.596. The number of anilines is 1. The van der Waals surface area contributed by atoms with Crippen LogP contribution in [0.5, 0.6) is 17.2 Å². The molecule has 2 N–H and O–H groups in total. The van der Waals surface area contributed by atoms with Crippen molar-refractivity contribution in [2.75, 3.05) is 19.2 Å². The maximum Gasteiger partial charge on any atom is 0.415 e. The van der Waals surface area contributed by atoms with E-state index in [4.69, 9.17) is 37.4 Å². The van der Waals surface area contributed by atoms with Gasteiger partial charge in [-0.1, -0.05) is 23.2 Å². The molecule has 0 unspecified atom stereocenters. The van der Waals surface area contributed by atoms with Crippen LogP contribution in [-0.4, -0.2) is 35.8 Å². The first-order valence-electron chi connectivity index (χ1n) is 9.13. The summed E-state index contributed by atoms with van der Waals surface area (Å²) in [5, 5.41) is 7.85. The summed E-state index contributed by atoms with van der Waals surface area (Å²) < 4.78 is 16.5. The van der Waals surface area contributed by atoms with Gasteiger partial charge in [-0.15, -0.1) is 22.7 Å². The number of thiazole rings is 1. The largest absolute Gasteiger partial charge is 0.453 e. The number of thiophene rings is 1. The van der Waals surface area contributed by atoms with Gasteiger partial charge in [0.2, 0.25) is 6.79 Å². The zero-order valence-electron chi connectivity index (χ0n) is 16.5. The molecule has 3 heterocycles. The van der Waals surface area contributed by atoms with Gasteiger partial charge < -0.3 is 24.4 Å². The van der Waals surface area contributed by atoms with Gasteiger partial charge in [-0.05, 0) is 12.1 Å². The lowest BCUT2D eigenvalue weighted by Crippen LogP contribution is -2.29. The van der Waals surface area contributed by atoms with Gasteiger partial charge >= 0.3 is 12.1 Å². The molecule has 9 nitrogen and oxygen atoms in total. The van der Waals surface area contributed by atoms with Crippen LogP contribution < -0.4 is 24.8 Å². The molecule has 0 spiro atoms. The van der Waals surface area contributed by atoms with Gasteiger partial charge in [-0.25, -0.2) is 14.6 Å². The second-order valence-electron chi connectivity index (χ2n) is 6.52. The third-order valence-electron chi connectivity index (χ3n) is 4.14. The van der Waals surface area contributed by atoms with Gasteiger partial charge in [-0.3, -0.25) is 5.32 Å². The lowest BCUT2D eigenvalue weighted by atomic mass is 10.3. The van der Waals surface area contributed by atoms with Crippen molar-refractivity contribution in [2.24, 2.45) is 0 Å². The highest BCUT2D eigenvalue weighted by atomic mass is 35.5. The van der Waals surface area contributed by atoms with E-state index in [1.54, 1.807) is 18.5 Å². The van der Waals surface area contributed by atoms with E-state index < -0.39 is 6.09 Å². The average molecular weight is 515 g/mol. The molecule has 3 aromatic rings. The summed E-state index contributed by atoms with van der Waals surface area (Å²) in [6.07, 6.45) is -0.602. The summed E-state index contributed by atoms with van der Waals surface area (Å²) in [4.78, 5) is 31.1. The van der Waals surface area contributed by atoms with Crippen molar-refractivity contribution in [1.29, 1.82) is 0 Å². The minimum absolute atomic E-state index is 0.0625. The number of fused-ring (bicyclic) bond motifs is 1. The Labute approximate surface area is 200 Å². The second-order valence-corrected chi connectivity index (χ2v) is 9.59. The van der Waals surface area contributed by atoms with E-state index in [2.05, 4.69) is 15.6 Å². The monoisotopic (exact) mass is 514 g/mol. The summed E-state index contributed by atoms with van der Waals surface area (Å²) in [6, 6.07) is 6.25. The molecule has 0 bridgehead atoms. The van der Waals surface area contributed by atoms with E-state index in [1.165, 1.54) is 39.7 Å². The van der Waals surface area contributed by atoms with Crippen molar-refractivity contribution in [1.82, 2.24) is 15.2 Å². The van der Waals surface area contributed by atoms with Crippen molar-refractivity contribution >= 4 is 63.1 Å². The van der Waals surface area contributed by atoms with Crippen LogP contribution >= 0.6 is 45.9 Å². The van der Waals surface area contributed by atoms with Crippen LogP contribution in [0.15, 0.2) is 29.6 Å². The molecule has 0 fully saturated rings. The summed E-state index contributed by atoms with van der Waals surface area (Å²) in [6.45, 7) is 0.609. The number of ether oxygens (including phenoxy) is 3. The zero-order chi connectivity index (χ0) is 22.7. The number of aromatic nitrogens is 1. The minimum atomic E-state index is -0.602. The fraction of sp³-hybridized carbons (Fsp3) is 0.211. The van der Waals surface area contributed by atoms with Crippen LogP contribution in [0, 0.1) is 0 Å². The van der Waals surface area contributed by atoms with E-state index in [9.17, 15) is 9.59 Å². The fourth-order valence-corrected chi connectivity index (χ4v) is 4.66. The Bertz CT molecular complexity index is 1150. The topological polar surface area (TPSA) is 102 Å². The molecular weight excluding hydrogens is 499 g/mol. The van der Waals surface area contributed by atoms with Crippen LogP contribution in [0.25, 0.3) is 0 Å². The van der Waals surface area contributed by atoms with Crippen LogP contribution in [0.3, 0.4) is 0 Å². The van der Waals surface area contributed by atoms with Crippen molar-refractivity contribution in [3.63, 3.8) is 0 Å². The molecule has 0 aliphatic carbocycles. The Morgan fingerprint density at radius 1 is 1.28 bits per heavy atom. The van der Waals surface area contributed by atoms with Crippen molar-refractivity contribution in [3.05, 3.63) is 49.6 Å². The Kier molecular flexibility index (Phi) is 6.89. The van der Waals surface area contributed by atoms with Crippen molar-refractivity contribution in [3.8, 4) is 17.2 Å². The molecule has 1 aliphatic rings. The molecule has 0 saturated heterocycles. The zero-order valence-corrected chi connectivity index (χ0v) is 19.7. The number of benzene rings is 1. The molecule has 13 heteroatoms. The molecular formula is C19H16Cl2N4O5S2. The predicted octanol–water partition coefficient (Wildman–Crippen LogP) is 5.19. The van der Waals surface area contributed by atoms with Crippen LogP contribution in [0.2, 0.25) is 9.36 Å². The molecule has 2 aromatic heterocycles. The van der Waals surface area contributed by atoms with Crippen LogP contribution in [0.4, 0.5) is 14.7 Å². The summed E-state index contributed by atoms with van der Waals surface area (Å²) in [7, 11) is 1.57. The maximum atomic E-state index is 12.4. The number of hydrogen-bond donors (Lipinski definition) is 2. The van der Waals surface area contributed by atoms with Gasteiger partial charge in [0.15, 0.2) is 16.6 Å². The quantitative estimate of drug-likeness (QED) is 0.469. The SMILES string of the molecule is CN(Cc1csc(NC(=O)NCc2ccc(Cl)s2)n1)C(=O)Oc1cc(Cl)c2c(c1)OCO2. The molecule has 168 valence electrons. The van der Waals surface area contributed by atoms with Crippen LogP contribution in [0.1, 0.15) is 10.6 Å². The maximum absolute atomic E-state index is 12.4. The number of urea groups is 1. The smallest absolute Gasteiger partial charge is 0.415 e. The first-order valence-corrected chi connectivity index (χ1v) is 11.6. The highest BCUT2D eigenvalue weighted by Gasteiger charge is 2.21. The molecule has 1 aliphatic heterocycles. The number of carbonyl (C=O) groups is 2. The van der Waals surface area contributed by atoms with E-state index in [0.29, 0.717) is 38.2 Å². The third-order valence-corrected chi connectivity index (χ3v) is 6.46. The summed E-state index contributed by atoms with van der Waals surface area (Å²) >= 11 is 14.6. The normalized spacial score (nSPS) is 11.8. The average Bonchev–Trinajstić information content (AvgIpc) is 3.48. The fourth-order valence-electron chi connectivity index (χ4n) is 2.68. The first kappa shape index (κ1) is 22.5. The molecule has 32 heavy (non-hydrogen) atoms. The predicted molar refractivity (Wildman–Crippen MR) is 122 cm³/mol. The number of nitrogens with one attached hydrogen (secondary N) is 2. The van der Waals surface area contributed by atoms with E-state index in [-0.39, 0.29) is 25.1 Å². The van der Waals surface area contributed by atoms with Crippen molar-refractivity contribution < 1.29 is 23.8 Å². The molecule has 0 radical (unpaired) electrons. The molecule has 3 amide bonds. The Morgan fingerprint density at radius 2 is 2.12 bits per heavy atom. The van der Waals surface area contributed by atoms with Gasteiger partial charge in [0.1, 0.15) is 5.75 Å². The number of amides is 3. The number of hydrogen-bond acceptors (Lipinski definition) is 8. The minimum Gasteiger partial charge on any atom is -0.453 e. The highest BCUT2D eigenvalue weighted by molar-refractivity contribution is 7.16. The number of rotatable bonds is 6. The number of nitrogens with zero attached hydrogens (tertiary/aromatic N) is 2. The second kappa shape index (κ2) is 9.82. The van der Waals surface area contributed by atoms with E-state index in [1.807, 2.05) is 6.07 Å². The standard InChI is InChI=1S/C19H16Cl2N4O5S2/c1-25(19(27)30-11-4-13(20)16-14(5-11)28-9-29-16)7-10-8-31-18(23-10)24-17(26)22-6-12-2-3-15(21)32-12/h2-5,8H,6-7,9H2,1H3,(H2,22,23,24,26). The van der Waals surface area contributed by atoms with E-state index >= 15 is 0 Å². The molecule has 4 rings (SSSR count). The Balaban J connectivity index is 1.27. The first-order chi connectivity index (χ1) is 15.4. The number of halogens is 2. The van der Waals surface area contributed by atoms with Gasteiger partial charge in [0.05, 0.1) is 28.1 Å². The van der Waals surface area contributed by atoms with Crippen LogP contribution in [-0.2, 0) is 13.1 Å². The molecule has 1 aromatic carbocycles. The van der Waals surface area contributed by atoms with E-state index in [0.717, 1.165) is 4.88 Å². The van der Waals surface area contributed by atoms with Crippen molar-refractivity contribution in [2.45, 2.75) is 13.1 Å². The van der Waals surface area contributed by atoms with Gasteiger partial charge in [0.25, 0.3) is 0 Å². The van der Waals surface area contributed by atoms with Gasteiger partial charge in [-0.2, -0.15) is 0 Å². The lowest BCUT2D eigenvalue weighted by molar-refractivity contribution is 0.160. The Hall–Kier alpha value is -2.73. The van der Waals surface area contributed by atoms with Gasteiger partial charge in [0, 0.05) is 29.4 Å².